The van der Waals surface area contributed by atoms with Crippen LogP contribution in [-0.4, -0.2) is 82.1 Å². The van der Waals surface area contributed by atoms with E-state index in [1.54, 1.807) is 23.1 Å². The summed E-state index contributed by atoms with van der Waals surface area (Å²) >= 11 is 11.9. The smallest absolute Gasteiger partial charge is 0.469 e. The fourth-order valence-corrected chi connectivity index (χ4v) is 4.08. The molecule has 1 amide bonds. The number of carbonyl (C=O) groups is 2. The highest BCUT2D eigenvalue weighted by atomic mass is 35.5. The zero-order valence-corrected chi connectivity index (χ0v) is 18.9. The highest BCUT2D eigenvalue weighted by Gasteiger charge is 2.32. The van der Waals surface area contributed by atoms with Gasteiger partial charge in [0.05, 0.1) is 10.0 Å². The van der Waals surface area contributed by atoms with Crippen LogP contribution >= 0.6 is 23.2 Å². The average Bonchev–Trinajstić information content (AvgIpc) is 2.74. The summed E-state index contributed by atoms with van der Waals surface area (Å²) in [6.45, 7) is 2.05. The van der Waals surface area contributed by atoms with Crippen LogP contribution in [0.25, 0.3) is 0 Å². The molecule has 31 heavy (non-hydrogen) atoms. The normalized spacial score (nSPS) is 16.7. The summed E-state index contributed by atoms with van der Waals surface area (Å²) in [5.41, 5.74) is 5.96. The van der Waals surface area contributed by atoms with Crippen molar-refractivity contribution in [3.63, 3.8) is 0 Å². The predicted molar refractivity (Wildman–Crippen MR) is 121 cm³/mol. The molecule has 11 heteroatoms. The summed E-state index contributed by atoms with van der Waals surface area (Å²) in [7, 11) is -1.46. The Morgan fingerprint density at radius 3 is 2.16 bits per heavy atom. The minimum absolute atomic E-state index is 0.126. The number of hydrogen-bond acceptors (Lipinski definition) is 6. The number of halogens is 2. The van der Waals surface area contributed by atoms with Crippen molar-refractivity contribution < 1.29 is 24.7 Å². The lowest BCUT2D eigenvalue weighted by molar-refractivity contribution is -0.138. The Balaban J connectivity index is 1.77. The van der Waals surface area contributed by atoms with Gasteiger partial charge in [-0.3, -0.25) is 14.5 Å². The van der Waals surface area contributed by atoms with Crippen molar-refractivity contribution in [3.8, 4) is 0 Å². The van der Waals surface area contributed by atoms with Crippen molar-refractivity contribution in [2.24, 2.45) is 5.73 Å². The lowest BCUT2D eigenvalue weighted by Gasteiger charge is -2.39. The number of carboxylic acids is 1. The van der Waals surface area contributed by atoms with Crippen LogP contribution in [0.3, 0.4) is 0 Å². The number of piperazine rings is 1. The van der Waals surface area contributed by atoms with Crippen LogP contribution in [0.15, 0.2) is 18.2 Å². The van der Waals surface area contributed by atoms with Gasteiger partial charge in [0.15, 0.2) is 0 Å². The molecule has 5 N–H and O–H groups in total. The summed E-state index contributed by atoms with van der Waals surface area (Å²) in [6, 6.07) is 3.98. The van der Waals surface area contributed by atoms with Gasteiger partial charge in [0.1, 0.15) is 6.04 Å². The van der Waals surface area contributed by atoms with Gasteiger partial charge in [0, 0.05) is 37.7 Å². The Hall–Kier alpha value is -1.36. The Morgan fingerprint density at radius 2 is 1.61 bits per heavy atom. The van der Waals surface area contributed by atoms with Gasteiger partial charge < -0.3 is 25.8 Å². The van der Waals surface area contributed by atoms with Gasteiger partial charge in [-0.25, -0.2) is 0 Å². The van der Waals surface area contributed by atoms with E-state index in [4.69, 9.17) is 34.0 Å². The van der Waals surface area contributed by atoms with E-state index >= 15 is 0 Å². The molecule has 0 radical (unpaired) electrons. The lowest BCUT2D eigenvalue weighted by Crippen LogP contribution is -2.56. The number of benzene rings is 1. The van der Waals surface area contributed by atoms with Gasteiger partial charge in [-0.15, -0.1) is 0 Å². The third kappa shape index (κ3) is 7.93. The number of aliphatic carboxylic acids is 1. The quantitative estimate of drug-likeness (QED) is 0.285. The number of nitrogens with two attached hydrogens (primary N) is 1. The minimum Gasteiger partial charge on any atom is -0.480 e. The van der Waals surface area contributed by atoms with Gasteiger partial charge in [-0.2, -0.15) is 0 Å². The fraction of sp³-hybridized carbons (Fsp3) is 0.600. The Morgan fingerprint density at radius 1 is 1.00 bits per heavy atom. The van der Waals surface area contributed by atoms with Crippen molar-refractivity contribution in [1.29, 1.82) is 0 Å². The van der Waals surface area contributed by atoms with Crippen LogP contribution in [0.5, 0.6) is 0 Å². The Bertz CT molecular complexity index is 748. The van der Waals surface area contributed by atoms with Gasteiger partial charge >= 0.3 is 13.1 Å². The molecule has 0 spiro atoms. The van der Waals surface area contributed by atoms with E-state index < -0.39 is 25.1 Å². The number of carbonyl (C=O) groups excluding carboxylic acids is 1. The van der Waals surface area contributed by atoms with Gasteiger partial charge in [0.25, 0.3) is 5.91 Å². The van der Waals surface area contributed by atoms with Crippen molar-refractivity contribution >= 4 is 42.2 Å². The molecule has 1 heterocycles. The molecule has 1 saturated heterocycles. The van der Waals surface area contributed by atoms with E-state index in [9.17, 15) is 19.6 Å². The second-order valence-electron chi connectivity index (χ2n) is 7.87. The maximum atomic E-state index is 12.7. The van der Waals surface area contributed by atoms with Gasteiger partial charge in [-0.1, -0.05) is 48.9 Å². The van der Waals surface area contributed by atoms with Gasteiger partial charge in [-0.05, 0) is 31.0 Å². The zero-order chi connectivity index (χ0) is 23.0. The van der Waals surface area contributed by atoms with Crippen LogP contribution in [0.1, 0.15) is 48.9 Å². The summed E-state index contributed by atoms with van der Waals surface area (Å²) in [5.74, 6) is -1.51. The van der Waals surface area contributed by atoms with Crippen LogP contribution in [0.2, 0.25) is 10.0 Å². The maximum absolute atomic E-state index is 12.7. The Labute approximate surface area is 193 Å². The molecule has 8 nitrogen and oxygen atoms in total. The number of nitrogens with zero attached hydrogens (tertiary/aromatic N) is 2. The van der Waals surface area contributed by atoms with E-state index in [-0.39, 0.29) is 5.91 Å². The molecule has 0 aliphatic carbocycles. The molecule has 1 aliphatic heterocycles. The van der Waals surface area contributed by atoms with Crippen LogP contribution in [-0.2, 0) is 4.79 Å². The number of hydrogen-bond donors (Lipinski definition) is 4. The molecule has 0 aromatic heterocycles. The van der Waals surface area contributed by atoms with Crippen LogP contribution < -0.4 is 5.73 Å². The average molecular weight is 474 g/mol. The van der Waals surface area contributed by atoms with Crippen LogP contribution in [0.4, 0.5) is 0 Å². The van der Waals surface area contributed by atoms with Gasteiger partial charge in [0.2, 0.25) is 0 Å². The highest BCUT2D eigenvalue weighted by Crippen LogP contribution is 2.24. The zero-order valence-electron chi connectivity index (χ0n) is 17.4. The van der Waals surface area contributed by atoms with E-state index in [0.717, 1.165) is 25.7 Å². The van der Waals surface area contributed by atoms with E-state index in [2.05, 4.69) is 0 Å². The van der Waals surface area contributed by atoms with Crippen molar-refractivity contribution in [1.82, 2.24) is 9.80 Å². The molecule has 1 aliphatic rings. The molecule has 1 aromatic rings. The molecule has 2 unspecified atom stereocenters. The van der Waals surface area contributed by atoms with E-state index in [1.165, 1.54) is 0 Å². The molecule has 2 atom stereocenters. The van der Waals surface area contributed by atoms with Crippen molar-refractivity contribution in [2.75, 3.05) is 26.2 Å². The number of unbranched alkanes of at least 4 members (excludes halogenated alkanes) is 3. The first-order valence-corrected chi connectivity index (χ1v) is 11.3. The summed E-state index contributed by atoms with van der Waals surface area (Å²) in [4.78, 5) is 27.1. The molecule has 1 aromatic carbocycles. The monoisotopic (exact) mass is 473 g/mol. The van der Waals surface area contributed by atoms with Crippen molar-refractivity contribution in [3.05, 3.63) is 33.8 Å². The third-order valence-electron chi connectivity index (χ3n) is 5.66. The summed E-state index contributed by atoms with van der Waals surface area (Å²) in [5, 5.41) is 29.2. The summed E-state index contributed by atoms with van der Waals surface area (Å²) in [6.07, 6.45) is 4.30. The first kappa shape index (κ1) is 25.9. The largest absolute Gasteiger partial charge is 0.480 e. The molecule has 1 fully saturated rings. The molecule has 2 rings (SSSR count). The lowest BCUT2D eigenvalue weighted by atomic mass is 9.75. The SMILES string of the molecule is NC(CCCCCCC(B(O)O)N1CCN(C(=O)c2ccc(Cl)c(Cl)c2)CC1)C(=O)O. The minimum atomic E-state index is -1.46. The first-order valence-electron chi connectivity index (χ1n) is 10.5. The molecule has 0 saturated carbocycles. The first-order chi connectivity index (χ1) is 14.7. The highest BCUT2D eigenvalue weighted by molar-refractivity contribution is 6.43. The predicted octanol–water partition coefficient (Wildman–Crippen LogP) is 1.88. The number of rotatable bonds is 11. The second-order valence-corrected chi connectivity index (χ2v) is 8.69. The maximum Gasteiger partial charge on any atom is 0.469 e. The van der Waals surface area contributed by atoms with Crippen molar-refractivity contribution in [2.45, 2.75) is 50.5 Å². The second kappa shape index (κ2) is 12.6. The summed E-state index contributed by atoms with van der Waals surface area (Å²) < 4.78 is 0. The molecule has 172 valence electrons. The molecular formula is C20H30BCl2N3O5. The Kier molecular flexibility index (Phi) is 10.5. The fourth-order valence-electron chi connectivity index (χ4n) is 3.78. The number of carboxylic acid groups (broad SMARTS) is 1. The standard InChI is InChI=1S/C20H30BCl2N3O5/c22-15-8-7-14(13-16(15)23)19(27)26-11-9-25(10-12-26)18(21(30)31)6-4-2-1-3-5-17(24)20(28)29/h7-8,13,17-18,30-31H,1-6,9-12,24H2,(H,28,29). The topological polar surface area (TPSA) is 127 Å². The third-order valence-corrected chi connectivity index (χ3v) is 6.40. The number of amides is 1. The van der Waals surface area contributed by atoms with Crippen LogP contribution in [0, 0.1) is 0 Å². The molecular weight excluding hydrogens is 444 g/mol. The molecule has 0 bridgehead atoms. The van der Waals surface area contributed by atoms with E-state index in [0.29, 0.717) is 54.6 Å². The van der Waals surface area contributed by atoms with E-state index in [1.807, 2.05) is 4.90 Å².